The molecule has 0 aliphatic carbocycles. The predicted molar refractivity (Wildman–Crippen MR) is 73.9 cm³/mol. The number of aliphatic carboxylic acids is 1. The van der Waals surface area contributed by atoms with Gasteiger partial charge in [0.05, 0.1) is 12.1 Å². The summed E-state index contributed by atoms with van der Waals surface area (Å²) in [5.74, 6) is -1.30. The van der Waals surface area contributed by atoms with E-state index < -0.39 is 12.0 Å². The molecule has 1 heterocycles. The van der Waals surface area contributed by atoms with E-state index in [4.69, 9.17) is 10.4 Å². The Balaban J connectivity index is 2.61. The van der Waals surface area contributed by atoms with E-state index >= 15 is 0 Å². The quantitative estimate of drug-likeness (QED) is 0.729. The van der Waals surface area contributed by atoms with Crippen molar-refractivity contribution < 1.29 is 14.7 Å². The number of amides is 1. The molecule has 2 N–H and O–H groups in total. The highest BCUT2D eigenvalue weighted by Gasteiger charge is 2.30. The molecule has 6 heteroatoms. The maximum atomic E-state index is 12.3. The van der Waals surface area contributed by atoms with Crippen molar-refractivity contribution >= 4 is 11.9 Å². The van der Waals surface area contributed by atoms with Crippen molar-refractivity contribution in [2.45, 2.75) is 57.5 Å². The van der Waals surface area contributed by atoms with Crippen LogP contribution in [0.4, 0.5) is 0 Å². The topological polar surface area (TPSA) is 93.4 Å². The maximum Gasteiger partial charge on any atom is 0.326 e. The summed E-state index contributed by atoms with van der Waals surface area (Å²) >= 11 is 0. The molecule has 1 rings (SSSR count). The molecular formula is C14H23N3O3. The second-order valence-electron chi connectivity index (χ2n) is 5.14. The summed E-state index contributed by atoms with van der Waals surface area (Å²) in [5, 5.41) is 20.2. The first-order valence-corrected chi connectivity index (χ1v) is 7.24. The lowest BCUT2D eigenvalue weighted by Gasteiger charge is -2.34. The van der Waals surface area contributed by atoms with Crippen molar-refractivity contribution in [3.63, 3.8) is 0 Å². The summed E-state index contributed by atoms with van der Waals surface area (Å²) in [4.78, 5) is 25.5. The van der Waals surface area contributed by atoms with E-state index in [0.29, 0.717) is 0 Å². The largest absolute Gasteiger partial charge is 0.480 e. The number of carbonyl (C=O) groups excluding carboxylic acids is 1. The van der Waals surface area contributed by atoms with E-state index in [9.17, 15) is 9.59 Å². The van der Waals surface area contributed by atoms with Crippen LogP contribution < -0.4 is 5.32 Å². The van der Waals surface area contributed by atoms with Crippen LogP contribution in [0.5, 0.6) is 0 Å². The Bertz CT molecular complexity index is 376. The Morgan fingerprint density at radius 2 is 2.25 bits per heavy atom. The molecule has 2 unspecified atom stereocenters. The molecule has 2 atom stereocenters. The van der Waals surface area contributed by atoms with Gasteiger partial charge in [-0.2, -0.15) is 5.26 Å². The van der Waals surface area contributed by atoms with E-state index in [1.807, 2.05) is 6.07 Å². The van der Waals surface area contributed by atoms with Crippen molar-refractivity contribution in [3.8, 4) is 6.07 Å². The van der Waals surface area contributed by atoms with Gasteiger partial charge in [0.2, 0.25) is 5.91 Å². The van der Waals surface area contributed by atoms with Gasteiger partial charge in [-0.1, -0.05) is 13.3 Å². The van der Waals surface area contributed by atoms with Gasteiger partial charge in [-0.3, -0.25) is 9.69 Å². The molecule has 1 fully saturated rings. The molecule has 0 bridgehead atoms. The summed E-state index contributed by atoms with van der Waals surface area (Å²) < 4.78 is 0. The second-order valence-corrected chi connectivity index (χ2v) is 5.14. The average molecular weight is 281 g/mol. The number of nitrogens with zero attached hydrogens (tertiary/aromatic N) is 2. The lowest BCUT2D eigenvalue weighted by molar-refractivity contribution is -0.143. The van der Waals surface area contributed by atoms with E-state index in [0.717, 1.165) is 38.8 Å². The van der Waals surface area contributed by atoms with Gasteiger partial charge >= 0.3 is 5.97 Å². The van der Waals surface area contributed by atoms with Crippen LogP contribution in [0.25, 0.3) is 0 Å². The molecule has 20 heavy (non-hydrogen) atoms. The highest BCUT2D eigenvalue weighted by atomic mass is 16.4. The highest BCUT2D eigenvalue weighted by molar-refractivity contribution is 5.87. The first-order chi connectivity index (χ1) is 9.60. The minimum atomic E-state index is -1.08. The summed E-state index contributed by atoms with van der Waals surface area (Å²) in [7, 11) is 0. The van der Waals surface area contributed by atoms with Crippen LogP contribution in [0, 0.1) is 11.3 Å². The minimum Gasteiger partial charge on any atom is -0.480 e. The van der Waals surface area contributed by atoms with Crippen molar-refractivity contribution in [2.75, 3.05) is 13.1 Å². The molecule has 0 aromatic heterocycles. The lowest BCUT2D eigenvalue weighted by atomic mass is 10.0. The van der Waals surface area contributed by atoms with Crippen LogP contribution in [-0.4, -0.2) is 47.1 Å². The first kappa shape index (κ1) is 16.4. The van der Waals surface area contributed by atoms with Gasteiger partial charge in [-0.05, 0) is 38.8 Å². The van der Waals surface area contributed by atoms with E-state index in [-0.39, 0.29) is 24.8 Å². The number of likely N-dealkylation sites (tertiary alicyclic amines) is 1. The number of hydrogen-bond acceptors (Lipinski definition) is 4. The number of nitriles is 1. The maximum absolute atomic E-state index is 12.3. The fourth-order valence-electron chi connectivity index (χ4n) is 2.58. The number of piperidine rings is 1. The molecule has 1 aliphatic heterocycles. The van der Waals surface area contributed by atoms with Gasteiger partial charge in [0, 0.05) is 6.42 Å². The molecule has 0 radical (unpaired) electrons. The molecule has 6 nitrogen and oxygen atoms in total. The molecule has 1 aliphatic rings. The van der Waals surface area contributed by atoms with E-state index in [2.05, 4.69) is 17.1 Å². The molecule has 112 valence electrons. The van der Waals surface area contributed by atoms with Gasteiger partial charge in [0.15, 0.2) is 0 Å². The SMILES string of the molecule is CCCN1CCCCC1C(=O)NC(CCC#N)C(=O)O. The fourth-order valence-corrected chi connectivity index (χ4v) is 2.58. The van der Waals surface area contributed by atoms with Crippen molar-refractivity contribution in [1.82, 2.24) is 10.2 Å². The van der Waals surface area contributed by atoms with Crippen molar-refractivity contribution in [1.29, 1.82) is 5.26 Å². The number of carboxylic acid groups (broad SMARTS) is 1. The number of rotatable bonds is 7. The minimum absolute atomic E-state index is 0.126. The standard InChI is InChI=1S/C14H23N3O3/c1-2-9-17-10-4-3-7-12(17)13(18)16-11(14(19)20)6-5-8-15/h11-12H,2-7,9-10H2,1H3,(H,16,18)(H,19,20). The van der Waals surface area contributed by atoms with E-state index in [1.54, 1.807) is 0 Å². The van der Waals surface area contributed by atoms with Crippen LogP contribution >= 0.6 is 0 Å². The summed E-state index contributed by atoms with van der Waals surface area (Å²) in [6.07, 6.45) is 4.10. The van der Waals surface area contributed by atoms with Gasteiger partial charge in [-0.25, -0.2) is 4.79 Å². The normalized spacial score (nSPS) is 20.9. The Hall–Kier alpha value is -1.61. The van der Waals surface area contributed by atoms with Gasteiger partial charge < -0.3 is 10.4 Å². The molecule has 0 aromatic carbocycles. The monoisotopic (exact) mass is 281 g/mol. The van der Waals surface area contributed by atoms with Crippen LogP contribution in [0.2, 0.25) is 0 Å². The number of nitrogens with one attached hydrogen (secondary N) is 1. The van der Waals surface area contributed by atoms with Crippen LogP contribution in [0.3, 0.4) is 0 Å². The van der Waals surface area contributed by atoms with Gasteiger partial charge in [0.1, 0.15) is 6.04 Å². The molecule has 0 saturated carbocycles. The Morgan fingerprint density at radius 3 is 2.85 bits per heavy atom. The molecule has 0 aromatic rings. The number of carboxylic acids is 1. The third-order valence-electron chi connectivity index (χ3n) is 3.59. The van der Waals surface area contributed by atoms with Crippen LogP contribution in [-0.2, 0) is 9.59 Å². The highest BCUT2D eigenvalue weighted by Crippen LogP contribution is 2.17. The Labute approximate surface area is 119 Å². The zero-order valence-electron chi connectivity index (χ0n) is 12.0. The smallest absolute Gasteiger partial charge is 0.326 e. The second kappa shape index (κ2) is 8.54. The Morgan fingerprint density at radius 1 is 1.50 bits per heavy atom. The average Bonchev–Trinajstić information content (AvgIpc) is 2.43. The lowest BCUT2D eigenvalue weighted by Crippen LogP contribution is -2.53. The summed E-state index contributed by atoms with van der Waals surface area (Å²) in [6, 6.07) is 0.716. The summed E-state index contributed by atoms with van der Waals surface area (Å²) in [6.45, 7) is 3.81. The van der Waals surface area contributed by atoms with E-state index in [1.165, 1.54) is 0 Å². The summed E-state index contributed by atoms with van der Waals surface area (Å²) in [5.41, 5.74) is 0. The third kappa shape index (κ3) is 4.82. The predicted octanol–water partition coefficient (Wildman–Crippen LogP) is 1.12. The molecule has 1 saturated heterocycles. The number of carbonyl (C=O) groups is 2. The van der Waals surface area contributed by atoms with Gasteiger partial charge in [0.25, 0.3) is 0 Å². The first-order valence-electron chi connectivity index (χ1n) is 7.24. The zero-order chi connectivity index (χ0) is 15.0. The molecule has 1 amide bonds. The Kier molecular flexibility index (Phi) is 7.02. The molecule has 0 spiro atoms. The number of hydrogen-bond donors (Lipinski definition) is 2. The third-order valence-corrected chi connectivity index (χ3v) is 3.59. The fraction of sp³-hybridized carbons (Fsp3) is 0.786. The molecular weight excluding hydrogens is 258 g/mol. The van der Waals surface area contributed by atoms with Gasteiger partial charge in [-0.15, -0.1) is 0 Å². The van der Waals surface area contributed by atoms with Crippen LogP contribution in [0.1, 0.15) is 45.4 Å². The van der Waals surface area contributed by atoms with Crippen molar-refractivity contribution in [3.05, 3.63) is 0 Å². The zero-order valence-corrected chi connectivity index (χ0v) is 12.0. The van der Waals surface area contributed by atoms with Crippen molar-refractivity contribution in [2.24, 2.45) is 0 Å². The van der Waals surface area contributed by atoms with Crippen LogP contribution in [0.15, 0.2) is 0 Å².